The molecule has 0 amide bonds. The first-order valence-electron chi connectivity index (χ1n) is 6.09. The third-order valence-electron chi connectivity index (χ3n) is 3.01. The molecule has 3 heteroatoms. The highest BCUT2D eigenvalue weighted by Crippen LogP contribution is 2.27. The number of H-pyrrole nitrogens is 1. The largest absolute Gasteiger partial charge is 0.457 e. The van der Waals surface area contributed by atoms with Crippen LogP contribution in [0.15, 0.2) is 54.7 Å². The average molecular weight is 251 g/mol. The summed E-state index contributed by atoms with van der Waals surface area (Å²) in [5, 5.41) is 0.890. The summed E-state index contributed by atoms with van der Waals surface area (Å²) in [6.07, 6.45) is 1.74. The highest BCUT2D eigenvalue weighted by atomic mass is 16.5. The SMILES string of the molecule is CC(=O)c1c[nH]c2ccc(Oc3ccccc3)cc12. The molecule has 0 saturated carbocycles. The van der Waals surface area contributed by atoms with Gasteiger partial charge in [0.05, 0.1) is 0 Å². The topological polar surface area (TPSA) is 42.1 Å². The van der Waals surface area contributed by atoms with Crippen molar-refractivity contribution in [2.45, 2.75) is 6.92 Å². The second-order valence-electron chi connectivity index (χ2n) is 4.38. The fourth-order valence-corrected chi connectivity index (χ4v) is 2.08. The van der Waals surface area contributed by atoms with Crippen molar-refractivity contribution in [3.8, 4) is 11.5 Å². The molecule has 3 rings (SSSR count). The zero-order valence-electron chi connectivity index (χ0n) is 10.5. The fourth-order valence-electron chi connectivity index (χ4n) is 2.08. The number of hydrogen-bond donors (Lipinski definition) is 1. The summed E-state index contributed by atoms with van der Waals surface area (Å²) >= 11 is 0. The molecule has 3 nitrogen and oxygen atoms in total. The molecule has 1 heterocycles. The Bertz CT molecular complexity index is 729. The van der Waals surface area contributed by atoms with Crippen molar-refractivity contribution >= 4 is 16.7 Å². The van der Waals surface area contributed by atoms with Crippen molar-refractivity contribution < 1.29 is 9.53 Å². The Morgan fingerprint density at radius 3 is 2.58 bits per heavy atom. The predicted molar refractivity (Wildman–Crippen MR) is 74.8 cm³/mol. The number of carbonyl (C=O) groups is 1. The summed E-state index contributed by atoms with van der Waals surface area (Å²) in [6.45, 7) is 1.56. The Balaban J connectivity index is 2.01. The number of para-hydroxylation sites is 1. The molecule has 0 radical (unpaired) electrons. The monoisotopic (exact) mass is 251 g/mol. The van der Waals surface area contributed by atoms with Crippen LogP contribution in [0.4, 0.5) is 0 Å². The maximum Gasteiger partial charge on any atom is 0.161 e. The average Bonchev–Trinajstić information content (AvgIpc) is 2.83. The highest BCUT2D eigenvalue weighted by Gasteiger charge is 2.09. The fraction of sp³-hybridized carbons (Fsp3) is 0.0625. The molecule has 0 atom stereocenters. The van der Waals surface area contributed by atoms with E-state index in [1.807, 2.05) is 48.5 Å². The molecule has 19 heavy (non-hydrogen) atoms. The number of aromatic nitrogens is 1. The lowest BCUT2D eigenvalue weighted by Crippen LogP contribution is -1.89. The standard InChI is InChI=1S/C16H13NO2/c1-11(18)15-10-17-16-8-7-13(9-14(15)16)19-12-5-3-2-4-6-12/h2-10,17H,1H3. The van der Waals surface area contributed by atoms with Crippen LogP contribution < -0.4 is 4.74 Å². The molecule has 1 aromatic heterocycles. The van der Waals surface area contributed by atoms with Crippen LogP contribution in [0.3, 0.4) is 0 Å². The first kappa shape index (κ1) is 11.5. The van der Waals surface area contributed by atoms with Crippen LogP contribution in [0.5, 0.6) is 11.5 Å². The minimum absolute atomic E-state index is 0.0445. The lowest BCUT2D eigenvalue weighted by molar-refractivity contribution is 0.101. The second kappa shape index (κ2) is 4.61. The van der Waals surface area contributed by atoms with E-state index in [1.54, 1.807) is 13.1 Å². The Morgan fingerprint density at radius 1 is 1.05 bits per heavy atom. The molecule has 0 saturated heterocycles. The minimum atomic E-state index is 0.0445. The molecular weight excluding hydrogens is 238 g/mol. The number of fused-ring (bicyclic) bond motifs is 1. The third kappa shape index (κ3) is 2.22. The van der Waals surface area contributed by atoms with Gasteiger partial charge < -0.3 is 9.72 Å². The van der Waals surface area contributed by atoms with Crippen LogP contribution in [0.1, 0.15) is 17.3 Å². The van der Waals surface area contributed by atoms with Crippen molar-refractivity contribution in [3.63, 3.8) is 0 Å². The van der Waals surface area contributed by atoms with E-state index in [0.29, 0.717) is 5.56 Å². The summed E-state index contributed by atoms with van der Waals surface area (Å²) in [5.41, 5.74) is 1.62. The molecule has 0 aliphatic rings. The van der Waals surface area contributed by atoms with Gasteiger partial charge in [-0.2, -0.15) is 0 Å². The van der Waals surface area contributed by atoms with E-state index in [4.69, 9.17) is 4.74 Å². The van der Waals surface area contributed by atoms with Gasteiger partial charge in [0.25, 0.3) is 0 Å². The maximum absolute atomic E-state index is 11.5. The molecule has 0 aliphatic heterocycles. The van der Waals surface area contributed by atoms with Gasteiger partial charge in [0.2, 0.25) is 0 Å². The molecule has 0 unspecified atom stereocenters. The molecule has 0 aliphatic carbocycles. The summed E-state index contributed by atoms with van der Waals surface area (Å²) in [6, 6.07) is 15.3. The lowest BCUT2D eigenvalue weighted by atomic mass is 10.1. The lowest BCUT2D eigenvalue weighted by Gasteiger charge is -2.05. The smallest absolute Gasteiger partial charge is 0.161 e. The van der Waals surface area contributed by atoms with Crippen LogP contribution in [0.2, 0.25) is 0 Å². The maximum atomic E-state index is 11.5. The summed E-state index contributed by atoms with van der Waals surface area (Å²) in [4.78, 5) is 14.6. The van der Waals surface area contributed by atoms with Gasteiger partial charge in [0.1, 0.15) is 11.5 Å². The number of nitrogens with one attached hydrogen (secondary N) is 1. The van der Waals surface area contributed by atoms with E-state index in [-0.39, 0.29) is 5.78 Å². The third-order valence-corrected chi connectivity index (χ3v) is 3.01. The summed E-state index contributed by atoms with van der Waals surface area (Å²) in [5.74, 6) is 1.55. The Labute approximate surface area is 110 Å². The van der Waals surface area contributed by atoms with Crippen LogP contribution in [-0.2, 0) is 0 Å². The van der Waals surface area contributed by atoms with Gasteiger partial charge in [0.15, 0.2) is 5.78 Å². The van der Waals surface area contributed by atoms with Crippen molar-refractivity contribution in [3.05, 3.63) is 60.3 Å². The van der Waals surface area contributed by atoms with Gasteiger partial charge in [-0.25, -0.2) is 0 Å². The van der Waals surface area contributed by atoms with E-state index in [0.717, 1.165) is 22.4 Å². The van der Waals surface area contributed by atoms with Gasteiger partial charge in [-0.15, -0.1) is 0 Å². The van der Waals surface area contributed by atoms with Gasteiger partial charge >= 0.3 is 0 Å². The Hall–Kier alpha value is -2.55. The number of hydrogen-bond acceptors (Lipinski definition) is 2. The number of benzene rings is 2. The number of rotatable bonds is 3. The van der Waals surface area contributed by atoms with Crippen molar-refractivity contribution in [2.24, 2.45) is 0 Å². The van der Waals surface area contributed by atoms with Crippen molar-refractivity contribution in [2.75, 3.05) is 0 Å². The van der Waals surface area contributed by atoms with Gasteiger partial charge in [-0.05, 0) is 37.3 Å². The van der Waals surface area contributed by atoms with Crippen LogP contribution in [0.25, 0.3) is 10.9 Å². The zero-order valence-corrected chi connectivity index (χ0v) is 10.5. The van der Waals surface area contributed by atoms with E-state index < -0.39 is 0 Å². The van der Waals surface area contributed by atoms with Crippen LogP contribution in [0, 0.1) is 0 Å². The van der Waals surface area contributed by atoms with E-state index in [1.165, 1.54) is 0 Å². The molecule has 3 aromatic rings. The number of Topliss-reactive ketones (excluding diaryl/α,β-unsaturated/α-hetero) is 1. The van der Waals surface area contributed by atoms with E-state index in [2.05, 4.69) is 4.98 Å². The quantitative estimate of drug-likeness (QED) is 0.710. The van der Waals surface area contributed by atoms with Crippen molar-refractivity contribution in [1.29, 1.82) is 0 Å². The molecule has 2 aromatic carbocycles. The number of ether oxygens (including phenoxy) is 1. The van der Waals surface area contributed by atoms with E-state index >= 15 is 0 Å². The normalized spacial score (nSPS) is 10.6. The summed E-state index contributed by atoms with van der Waals surface area (Å²) in [7, 11) is 0. The molecule has 0 bridgehead atoms. The van der Waals surface area contributed by atoms with Gasteiger partial charge in [-0.3, -0.25) is 4.79 Å². The first-order chi connectivity index (χ1) is 9.24. The molecule has 0 spiro atoms. The number of carbonyl (C=O) groups excluding carboxylic acids is 1. The first-order valence-corrected chi connectivity index (χ1v) is 6.09. The highest BCUT2D eigenvalue weighted by molar-refractivity contribution is 6.07. The van der Waals surface area contributed by atoms with Crippen LogP contribution in [-0.4, -0.2) is 10.8 Å². The summed E-state index contributed by atoms with van der Waals surface area (Å²) < 4.78 is 5.77. The minimum Gasteiger partial charge on any atom is -0.457 e. The molecule has 94 valence electrons. The molecule has 1 N–H and O–H groups in total. The number of ketones is 1. The molecular formula is C16H13NO2. The van der Waals surface area contributed by atoms with Gasteiger partial charge in [0, 0.05) is 22.7 Å². The number of aromatic amines is 1. The predicted octanol–water partition coefficient (Wildman–Crippen LogP) is 4.16. The van der Waals surface area contributed by atoms with Crippen LogP contribution >= 0.6 is 0 Å². The zero-order chi connectivity index (χ0) is 13.2. The van der Waals surface area contributed by atoms with Gasteiger partial charge in [-0.1, -0.05) is 18.2 Å². The van der Waals surface area contributed by atoms with E-state index in [9.17, 15) is 4.79 Å². The second-order valence-corrected chi connectivity index (χ2v) is 4.38. The van der Waals surface area contributed by atoms with Crippen molar-refractivity contribution in [1.82, 2.24) is 4.98 Å². The Kier molecular flexibility index (Phi) is 2.80. The molecule has 0 fully saturated rings. The Morgan fingerprint density at radius 2 is 1.84 bits per heavy atom.